The highest BCUT2D eigenvalue weighted by molar-refractivity contribution is 6.36. The van der Waals surface area contributed by atoms with Crippen LogP contribution in [0.1, 0.15) is 21.6 Å². The molecule has 0 atom stereocenters. The van der Waals surface area contributed by atoms with Crippen LogP contribution >= 0.6 is 11.6 Å². The summed E-state index contributed by atoms with van der Waals surface area (Å²) in [6, 6.07) is 5.23. The Morgan fingerprint density at radius 1 is 1.44 bits per heavy atom. The highest BCUT2D eigenvalue weighted by Gasteiger charge is 2.23. The van der Waals surface area contributed by atoms with E-state index in [9.17, 15) is 9.90 Å². The smallest absolute Gasteiger partial charge is 0.336 e. The third kappa shape index (κ3) is 1.65. The fourth-order valence-corrected chi connectivity index (χ4v) is 2.57. The summed E-state index contributed by atoms with van der Waals surface area (Å²) in [4.78, 5) is 16.0. The number of carbonyl (C=O) groups is 1. The summed E-state index contributed by atoms with van der Waals surface area (Å²) in [6.45, 7) is 0.857. The molecule has 0 unspecified atom stereocenters. The number of fused-ring (bicyclic) bond motifs is 2. The van der Waals surface area contributed by atoms with Crippen molar-refractivity contribution in [1.82, 2.24) is 4.98 Å². The van der Waals surface area contributed by atoms with Gasteiger partial charge in [-0.15, -0.1) is 0 Å². The molecule has 0 fully saturated rings. The van der Waals surface area contributed by atoms with Gasteiger partial charge in [0.2, 0.25) is 0 Å². The summed E-state index contributed by atoms with van der Waals surface area (Å²) in [7, 11) is 0. The maximum atomic E-state index is 11.5. The molecule has 2 heterocycles. The topological polar surface area (TPSA) is 59.4 Å². The molecule has 0 spiro atoms. The second-order valence-electron chi connectivity index (χ2n) is 4.15. The average Bonchev–Trinajstić information content (AvgIpc) is 2.36. The van der Waals surface area contributed by atoms with E-state index in [1.807, 2.05) is 0 Å². The lowest BCUT2D eigenvalue weighted by Gasteiger charge is -2.19. The van der Waals surface area contributed by atoms with E-state index in [1.165, 1.54) is 0 Å². The van der Waals surface area contributed by atoms with E-state index in [1.54, 1.807) is 18.2 Å². The first kappa shape index (κ1) is 11.4. The number of nitrogens with zero attached hydrogens (tertiary/aromatic N) is 1. The Balaban J connectivity index is 2.45. The van der Waals surface area contributed by atoms with Gasteiger partial charge in [0, 0.05) is 23.1 Å². The summed E-state index contributed by atoms with van der Waals surface area (Å²) in [5.41, 5.74) is 2.30. The van der Waals surface area contributed by atoms with Crippen LogP contribution in [0, 0.1) is 0 Å². The zero-order valence-corrected chi connectivity index (χ0v) is 10.2. The number of pyridine rings is 1. The standard InChI is InChI=1S/C13H10ClNO3/c14-8-2-1-3-10-12(8)11(13(16)17)7-6-18-5-4-9(7)15-10/h1-3H,4-6H2,(H,16,17). The third-order valence-corrected chi connectivity index (χ3v) is 3.41. The van der Waals surface area contributed by atoms with Gasteiger partial charge >= 0.3 is 5.97 Å². The number of ether oxygens (including phenoxy) is 1. The molecule has 0 radical (unpaired) electrons. The zero-order valence-electron chi connectivity index (χ0n) is 9.44. The summed E-state index contributed by atoms with van der Waals surface area (Å²) in [5.74, 6) is -0.989. The van der Waals surface area contributed by atoms with Crippen LogP contribution in [0.15, 0.2) is 18.2 Å². The van der Waals surface area contributed by atoms with E-state index >= 15 is 0 Å². The number of aromatic carboxylic acids is 1. The fraction of sp³-hybridized carbons (Fsp3) is 0.231. The molecule has 2 aromatic rings. The van der Waals surface area contributed by atoms with E-state index in [2.05, 4.69) is 4.98 Å². The van der Waals surface area contributed by atoms with Crippen molar-refractivity contribution in [2.45, 2.75) is 13.0 Å². The minimum absolute atomic E-state index is 0.223. The largest absolute Gasteiger partial charge is 0.478 e. The molecule has 0 aliphatic carbocycles. The second-order valence-corrected chi connectivity index (χ2v) is 4.56. The van der Waals surface area contributed by atoms with Crippen LogP contribution < -0.4 is 0 Å². The monoisotopic (exact) mass is 263 g/mol. The number of aromatic nitrogens is 1. The van der Waals surface area contributed by atoms with Crippen LogP contribution in [-0.4, -0.2) is 22.7 Å². The van der Waals surface area contributed by atoms with Crippen molar-refractivity contribution in [1.29, 1.82) is 0 Å². The Morgan fingerprint density at radius 3 is 3.06 bits per heavy atom. The summed E-state index contributed by atoms with van der Waals surface area (Å²) < 4.78 is 5.33. The van der Waals surface area contributed by atoms with Crippen LogP contribution in [0.5, 0.6) is 0 Å². The molecule has 0 saturated carbocycles. The predicted octanol–water partition coefficient (Wildman–Crippen LogP) is 2.66. The van der Waals surface area contributed by atoms with Crippen LogP contribution in [0.4, 0.5) is 0 Å². The first-order valence-corrected chi connectivity index (χ1v) is 5.97. The molecule has 92 valence electrons. The third-order valence-electron chi connectivity index (χ3n) is 3.09. The van der Waals surface area contributed by atoms with Gasteiger partial charge in [-0.05, 0) is 12.1 Å². The molecule has 0 saturated heterocycles. The maximum Gasteiger partial charge on any atom is 0.336 e. The number of benzene rings is 1. The van der Waals surface area contributed by atoms with Crippen molar-refractivity contribution in [2.24, 2.45) is 0 Å². The lowest BCUT2D eigenvalue weighted by atomic mass is 9.98. The first-order chi connectivity index (χ1) is 8.68. The van der Waals surface area contributed by atoms with Crippen molar-refractivity contribution in [3.05, 3.63) is 40.0 Å². The number of hydrogen-bond acceptors (Lipinski definition) is 3. The van der Waals surface area contributed by atoms with Gasteiger partial charge in [0.15, 0.2) is 0 Å². The minimum Gasteiger partial charge on any atom is -0.478 e. The molecule has 4 nitrogen and oxygen atoms in total. The van der Waals surface area contributed by atoms with E-state index < -0.39 is 5.97 Å². The van der Waals surface area contributed by atoms with E-state index in [-0.39, 0.29) is 12.2 Å². The molecule has 1 N–H and O–H groups in total. The van der Waals surface area contributed by atoms with Crippen molar-refractivity contribution < 1.29 is 14.6 Å². The normalized spacial score (nSPS) is 14.5. The zero-order chi connectivity index (χ0) is 12.7. The van der Waals surface area contributed by atoms with Gasteiger partial charge in [-0.2, -0.15) is 0 Å². The SMILES string of the molecule is O=C(O)c1c2c(nc3cccc(Cl)c13)CCOC2. The second kappa shape index (κ2) is 4.23. The molecule has 0 amide bonds. The number of halogens is 1. The molecular formula is C13H10ClNO3. The molecule has 0 bridgehead atoms. The van der Waals surface area contributed by atoms with E-state index in [0.717, 1.165) is 5.69 Å². The predicted molar refractivity (Wildman–Crippen MR) is 67.1 cm³/mol. The van der Waals surface area contributed by atoms with Gasteiger partial charge in [0.05, 0.1) is 29.3 Å². The van der Waals surface area contributed by atoms with Gasteiger partial charge in [0.25, 0.3) is 0 Å². The van der Waals surface area contributed by atoms with Crippen LogP contribution in [-0.2, 0) is 17.8 Å². The number of hydrogen-bond donors (Lipinski definition) is 1. The van der Waals surface area contributed by atoms with Gasteiger partial charge in [0.1, 0.15) is 0 Å². The van der Waals surface area contributed by atoms with E-state index in [0.29, 0.717) is 34.5 Å². The fourth-order valence-electron chi connectivity index (χ4n) is 2.30. The Kier molecular flexibility index (Phi) is 2.69. The van der Waals surface area contributed by atoms with Crippen LogP contribution in [0.2, 0.25) is 5.02 Å². The van der Waals surface area contributed by atoms with Crippen molar-refractivity contribution >= 4 is 28.5 Å². The highest BCUT2D eigenvalue weighted by atomic mass is 35.5. The van der Waals surface area contributed by atoms with Gasteiger partial charge < -0.3 is 9.84 Å². The summed E-state index contributed by atoms with van der Waals surface area (Å²) >= 11 is 6.10. The number of carboxylic acids is 1. The Bertz CT molecular complexity index is 654. The average molecular weight is 264 g/mol. The first-order valence-electron chi connectivity index (χ1n) is 5.59. The van der Waals surface area contributed by atoms with Gasteiger partial charge in [-0.1, -0.05) is 17.7 Å². The van der Waals surface area contributed by atoms with Crippen molar-refractivity contribution in [3.63, 3.8) is 0 Å². The van der Waals surface area contributed by atoms with E-state index in [4.69, 9.17) is 16.3 Å². The molecule has 3 rings (SSSR count). The highest BCUT2D eigenvalue weighted by Crippen LogP contribution is 2.31. The lowest BCUT2D eigenvalue weighted by molar-refractivity contribution is 0.0683. The Labute approximate surface area is 108 Å². The molecule has 1 aromatic heterocycles. The van der Waals surface area contributed by atoms with Crippen LogP contribution in [0.3, 0.4) is 0 Å². The quantitative estimate of drug-likeness (QED) is 0.859. The molecule has 18 heavy (non-hydrogen) atoms. The maximum absolute atomic E-state index is 11.5. The molecule has 5 heteroatoms. The van der Waals surface area contributed by atoms with Crippen molar-refractivity contribution in [2.75, 3.05) is 6.61 Å². The van der Waals surface area contributed by atoms with Crippen LogP contribution in [0.25, 0.3) is 10.9 Å². The summed E-state index contributed by atoms with van der Waals surface area (Å²) in [5, 5.41) is 10.3. The minimum atomic E-state index is -0.989. The molecule has 1 aliphatic rings. The Hall–Kier alpha value is -1.65. The van der Waals surface area contributed by atoms with Gasteiger partial charge in [-0.3, -0.25) is 4.98 Å². The molecule has 1 aromatic carbocycles. The Morgan fingerprint density at radius 2 is 2.28 bits per heavy atom. The van der Waals surface area contributed by atoms with Gasteiger partial charge in [-0.25, -0.2) is 4.79 Å². The molecule has 1 aliphatic heterocycles. The van der Waals surface area contributed by atoms with Crippen molar-refractivity contribution in [3.8, 4) is 0 Å². The molecular weight excluding hydrogens is 254 g/mol. The number of rotatable bonds is 1. The number of carboxylic acid groups (broad SMARTS) is 1. The summed E-state index contributed by atoms with van der Waals surface area (Å²) in [6.07, 6.45) is 0.637. The lowest BCUT2D eigenvalue weighted by Crippen LogP contribution is -2.17.